The number of aromatic nitrogens is 2. The number of carbonyl (C=O) groups is 1. The number of hydrogen-bond acceptors (Lipinski definition) is 4. The summed E-state index contributed by atoms with van der Waals surface area (Å²) < 4.78 is 0. The maximum Gasteiger partial charge on any atom is 0.274 e. The van der Waals surface area contributed by atoms with Crippen LogP contribution in [0.5, 0.6) is 0 Å². The van der Waals surface area contributed by atoms with E-state index in [1.807, 2.05) is 4.90 Å². The van der Waals surface area contributed by atoms with Crippen molar-refractivity contribution < 1.29 is 4.79 Å². The van der Waals surface area contributed by atoms with Crippen molar-refractivity contribution in [2.45, 2.75) is 38.1 Å². The van der Waals surface area contributed by atoms with E-state index in [9.17, 15) is 9.59 Å². The summed E-state index contributed by atoms with van der Waals surface area (Å²) in [7, 11) is 0. The molecular formula is C15H22N4O2. The molecular weight excluding hydrogens is 268 g/mol. The molecule has 1 aliphatic heterocycles. The van der Waals surface area contributed by atoms with Crippen LogP contribution in [0.1, 0.15) is 42.6 Å². The van der Waals surface area contributed by atoms with E-state index in [-0.39, 0.29) is 11.5 Å². The summed E-state index contributed by atoms with van der Waals surface area (Å²) in [5, 5.41) is 6.14. The van der Waals surface area contributed by atoms with Crippen molar-refractivity contribution in [3.8, 4) is 0 Å². The zero-order valence-corrected chi connectivity index (χ0v) is 12.3. The number of nitrogens with one attached hydrogen (secondary N) is 1. The molecule has 114 valence electrons. The second-order valence-electron chi connectivity index (χ2n) is 5.93. The molecule has 6 heteroatoms. The van der Waals surface area contributed by atoms with Crippen LogP contribution in [0.3, 0.4) is 0 Å². The van der Waals surface area contributed by atoms with Gasteiger partial charge in [-0.15, -0.1) is 0 Å². The second-order valence-corrected chi connectivity index (χ2v) is 5.93. The van der Waals surface area contributed by atoms with E-state index in [1.165, 1.54) is 44.2 Å². The zero-order chi connectivity index (χ0) is 14.7. The Kier molecular flexibility index (Phi) is 4.34. The van der Waals surface area contributed by atoms with Crippen LogP contribution in [0.25, 0.3) is 0 Å². The molecule has 0 atom stereocenters. The molecule has 3 rings (SSSR count). The molecule has 2 fully saturated rings. The van der Waals surface area contributed by atoms with Crippen LogP contribution < -0.4 is 5.56 Å². The molecule has 1 aromatic heterocycles. The van der Waals surface area contributed by atoms with Crippen molar-refractivity contribution in [2.24, 2.45) is 0 Å². The number of carbonyl (C=O) groups excluding carboxylic acids is 1. The molecule has 2 aliphatic rings. The molecule has 0 spiro atoms. The minimum absolute atomic E-state index is 0.0884. The van der Waals surface area contributed by atoms with Gasteiger partial charge in [0, 0.05) is 38.3 Å². The van der Waals surface area contributed by atoms with Gasteiger partial charge >= 0.3 is 0 Å². The lowest BCUT2D eigenvalue weighted by atomic mass is 9.94. The molecule has 1 aliphatic carbocycles. The standard InChI is InChI=1S/C15H22N4O2/c20-14-7-6-13(16-17-14)15(21)19-10-8-18(9-11-19)12-4-2-1-3-5-12/h6-7,12H,1-5,8-11H2,(H,17,20). The van der Waals surface area contributed by atoms with Crippen molar-refractivity contribution in [3.05, 3.63) is 28.2 Å². The van der Waals surface area contributed by atoms with Crippen LogP contribution in [0.2, 0.25) is 0 Å². The van der Waals surface area contributed by atoms with Crippen molar-refractivity contribution in [2.75, 3.05) is 26.2 Å². The minimum atomic E-state index is -0.284. The number of H-pyrrole nitrogens is 1. The van der Waals surface area contributed by atoms with Crippen LogP contribution in [0.15, 0.2) is 16.9 Å². The molecule has 6 nitrogen and oxygen atoms in total. The first-order valence-electron chi connectivity index (χ1n) is 7.83. The number of aromatic amines is 1. The number of hydrogen-bond donors (Lipinski definition) is 1. The van der Waals surface area contributed by atoms with Gasteiger partial charge in [0.15, 0.2) is 0 Å². The van der Waals surface area contributed by atoms with Crippen LogP contribution in [-0.2, 0) is 0 Å². The first-order valence-corrected chi connectivity index (χ1v) is 7.83. The third-order valence-corrected chi connectivity index (χ3v) is 4.59. The number of piperazine rings is 1. The van der Waals surface area contributed by atoms with Gasteiger partial charge in [-0.2, -0.15) is 5.10 Å². The Morgan fingerprint density at radius 3 is 2.43 bits per heavy atom. The van der Waals surface area contributed by atoms with Crippen molar-refractivity contribution in [1.82, 2.24) is 20.0 Å². The average Bonchev–Trinajstić information content (AvgIpc) is 2.56. The summed E-state index contributed by atoms with van der Waals surface area (Å²) in [6.07, 6.45) is 6.65. The summed E-state index contributed by atoms with van der Waals surface area (Å²) in [4.78, 5) is 27.7. The number of nitrogens with zero attached hydrogens (tertiary/aromatic N) is 3. The first kappa shape index (κ1) is 14.3. The first-order chi connectivity index (χ1) is 10.2. The highest BCUT2D eigenvalue weighted by Crippen LogP contribution is 2.23. The van der Waals surface area contributed by atoms with Crippen LogP contribution in [-0.4, -0.2) is 58.1 Å². The summed E-state index contributed by atoms with van der Waals surface area (Å²) in [6, 6.07) is 3.55. The van der Waals surface area contributed by atoms with Gasteiger partial charge in [0.1, 0.15) is 5.69 Å². The molecule has 0 unspecified atom stereocenters. The summed E-state index contributed by atoms with van der Waals surface area (Å²) in [5.74, 6) is -0.0884. The summed E-state index contributed by atoms with van der Waals surface area (Å²) >= 11 is 0. The molecule has 2 heterocycles. The quantitative estimate of drug-likeness (QED) is 0.877. The van der Waals surface area contributed by atoms with E-state index in [4.69, 9.17) is 0 Å². The van der Waals surface area contributed by atoms with Gasteiger partial charge in [-0.3, -0.25) is 14.5 Å². The summed E-state index contributed by atoms with van der Waals surface area (Å²) in [6.45, 7) is 3.38. The molecule has 1 saturated heterocycles. The second kappa shape index (κ2) is 6.39. The average molecular weight is 290 g/mol. The largest absolute Gasteiger partial charge is 0.335 e. The maximum absolute atomic E-state index is 12.3. The lowest BCUT2D eigenvalue weighted by molar-refractivity contribution is 0.0517. The van der Waals surface area contributed by atoms with Gasteiger partial charge < -0.3 is 4.90 Å². The van der Waals surface area contributed by atoms with Gasteiger partial charge in [0.2, 0.25) is 0 Å². The Bertz CT molecular complexity index is 522. The third-order valence-electron chi connectivity index (χ3n) is 4.59. The van der Waals surface area contributed by atoms with E-state index in [0.717, 1.165) is 26.2 Å². The van der Waals surface area contributed by atoms with E-state index in [1.54, 1.807) is 0 Å². The highest BCUT2D eigenvalue weighted by Gasteiger charge is 2.27. The van der Waals surface area contributed by atoms with E-state index < -0.39 is 0 Å². The molecule has 21 heavy (non-hydrogen) atoms. The van der Waals surface area contributed by atoms with Crippen LogP contribution >= 0.6 is 0 Å². The molecule has 1 aromatic rings. The molecule has 1 saturated carbocycles. The lowest BCUT2D eigenvalue weighted by Gasteiger charge is -2.40. The van der Waals surface area contributed by atoms with Gasteiger partial charge in [-0.25, -0.2) is 5.10 Å². The molecule has 0 radical (unpaired) electrons. The Hall–Kier alpha value is -1.69. The van der Waals surface area contributed by atoms with Gasteiger partial charge in [-0.1, -0.05) is 19.3 Å². The van der Waals surface area contributed by atoms with Crippen LogP contribution in [0.4, 0.5) is 0 Å². The Morgan fingerprint density at radius 1 is 1.10 bits per heavy atom. The van der Waals surface area contributed by atoms with E-state index in [0.29, 0.717) is 11.7 Å². The molecule has 0 bridgehead atoms. The Balaban J connectivity index is 1.56. The SMILES string of the molecule is O=C(c1ccc(=O)[nH]n1)N1CCN(C2CCCCC2)CC1. The smallest absolute Gasteiger partial charge is 0.274 e. The van der Waals surface area contributed by atoms with Crippen molar-refractivity contribution in [3.63, 3.8) is 0 Å². The van der Waals surface area contributed by atoms with Crippen molar-refractivity contribution >= 4 is 5.91 Å². The third kappa shape index (κ3) is 3.32. The normalized spacial score (nSPS) is 21.4. The molecule has 0 aromatic carbocycles. The Labute approximate surface area is 124 Å². The highest BCUT2D eigenvalue weighted by molar-refractivity contribution is 5.92. The predicted molar refractivity (Wildman–Crippen MR) is 79.2 cm³/mol. The molecule has 1 N–H and O–H groups in total. The van der Waals surface area contributed by atoms with Gasteiger partial charge in [0.25, 0.3) is 11.5 Å². The highest BCUT2D eigenvalue weighted by atomic mass is 16.2. The summed E-state index contributed by atoms with van der Waals surface area (Å²) in [5.41, 5.74) is 0.0365. The van der Waals surface area contributed by atoms with Gasteiger partial charge in [-0.05, 0) is 18.9 Å². The lowest BCUT2D eigenvalue weighted by Crippen LogP contribution is -2.52. The fourth-order valence-corrected chi connectivity index (χ4v) is 3.36. The van der Waals surface area contributed by atoms with Crippen molar-refractivity contribution in [1.29, 1.82) is 0 Å². The van der Waals surface area contributed by atoms with E-state index >= 15 is 0 Å². The van der Waals surface area contributed by atoms with Crippen LogP contribution in [0, 0.1) is 0 Å². The van der Waals surface area contributed by atoms with Gasteiger partial charge in [0.05, 0.1) is 0 Å². The number of amides is 1. The zero-order valence-electron chi connectivity index (χ0n) is 12.3. The predicted octanol–water partition coefficient (Wildman–Crippen LogP) is 0.860. The monoisotopic (exact) mass is 290 g/mol. The fraction of sp³-hybridized carbons (Fsp3) is 0.667. The topological polar surface area (TPSA) is 69.3 Å². The maximum atomic E-state index is 12.3. The fourth-order valence-electron chi connectivity index (χ4n) is 3.36. The van der Waals surface area contributed by atoms with E-state index in [2.05, 4.69) is 15.1 Å². The minimum Gasteiger partial charge on any atom is -0.335 e. The number of rotatable bonds is 2. The Morgan fingerprint density at radius 2 is 1.81 bits per heavy atom. The molecule has 1 amide bonds.